The Morgan fingerprint density at radius 2 is 2.08 bits per heavy atom. The van der Waals surface area contributed by atoms with Gasteiger partial charge in [-0.2, -0.15) is 0 Å². The monoisotopic (exact) mass is 333 g/mol. The van der Waals surface area contributed by atoms with E-state index in [1.165, 1.54) is 0 Å². The van der Waals surface area contributed by atoms with E-state index in [2.05, 4.69) is 17.0 Å². The SMILES string of the molecule is C=CCNc1nn(-c2ccccc2)c2c1C(=O)C[C@@H](c1ccco1)C2. The number of anilines is 1. The molecule has 0 radical (unpaired) electrons. The number of aromatic nitrogens is 2. The number of nitrogens with zero attached hydrogens (tertiary/aromatic N) is 2. The summed E-state index contributed by atoms with van der Waals surface area (Å²) < 4.78 is 7.41. The molecule has 0 bridgehead atoms. The zero-order chi connectivity index (χ0) is 17.2. The topological polar surface area (TPSA) is 60.1 Å². The Morgan fingerprint density at radius 3 is 2.80 bits per heavy atom. The summed E-state index contributed by atoms with van der Waals surface area (Å²) in [4.78, 5) is 12.9. The van der Waals surface area contributed by atoms with Gasteiger partial charge in [-0.05, 0) is 24.3 Å². The minimum absolute atomic E-state index is 0.0430. The van der Waals surface area contributed by atoms with Crippen LogP contribution in [0.4, 0.5) is 5.82 Å². The summed E-state index contributed by atoms with van der Waals surface area (Å²) in [7, 11) is 0. The summed E-state index contributed by atoms with van der Waals surface area (Å²) in [5.74, 6) is 1.61. The van der Waals surface area contributed by atoms with Crippen LogP contribution in [-0.2, 0) is 6.42 Å². The zero-order valence-corrected chi connectivity index (χ0v) is 13.8. The quantitative estimate of drug-likeness (QED) is 0.718. The van der Waals surface area contributed by atoms with Crippen molar-refractivity contribution in [1.82, 2.24) is 9.78 Å². The maximum Gasteiger partial charge on any atom is 0.169 e. The molecule has 1 aliphatic rings. The van der Waals surface area contributed by atoms with E-state index >= 15 is 0 Å². The van der Waals surface area contributed by atoms with Crippen molar-refractivity contribution in [2.24, 2.45) is 0 Å². The molecule has 5 heteroatoms. The number of ketones is 1. The third-order valence-electron chi connectivity index (χ3n) is 4.49. The van der Waals surface area contributed by atoms with Crippen LogP contribution in [0.25, 0.3) is 5.69 Å². The molecule has 2 heterocycles. The number of nitrogens with one attached hydrogen (secondary N) is 1. The third kappa shape index (κ3) is 2.78. The van der Waals surface area contributed by atoms with Crippen LogP contribution in [0.2, 0.25) is 0 Å². The molecule has 1 aromatic carbocycles. The first-order valence-electron chi connectivity index (χ1n) is 8.36. The second kappa shape index (κ2) is 6.43. The Kier molecular flexibility index (Phi) is 3.98. The highest BCUT2D eigenvalue weighted by Crippen LogP contribution is 2.37. The average Bonchev–Trinajstić information content (AvgIpc) is 3.29. The molecular formula is C20H19N3O2. The van der Waals surface area contributed by atoms with Gasteiger partial charge in [0.25, 0.3) is 0 Å². The largest absolute Gasteiger partial charge is 0.469 e. The van der Waals surface area contributed by atoms with Crippen molar-refractivity contribution >= 4 is 11.6 Å². The van der Waals surface area contributed by atoms with Crippen molar-refractivity contribution in [1.29, 1.82) is 0 Å². The molecule has 2 aromatic heterocycles. The van der Waals surface area contributed by atoms with Gasteiger partial charge in [-0.15, -0.1) is 11.7 Å². The van der Waals surface area contributed by atoms with Crippen LogP contribution in [-0.4, -0.2) is 22.1 Å². The van der Waals surface area contributed by atoms with Crippen molar-refractivity contribution < 1.29 is 9.21 Å². The lowest BCUT2D eigenvalue weighted by molar-refractivity contribution is 0.0960. The molecular weight excluding hydrogens is 314 g/mol. The van der Waals surface area contributed by atoms with Crippen molar-refractivity contribution in [2.45, 2.75) is 18.8 Å². The predicted molar refractivity (Wildman–Crippen MR) is 96.4 cm³/mol. The number of fused-ring (bicyclic) bond motifs is 1. The standard InChI is InChI=1S/C20H19N3O2/c1-2-10-21-20-19-16(23(22-20)15-7-4-3-5-8-15)12-14(13-17(19)24)18-9-6-11-25-18/h2-9,11,14H,1,10,12-13H2,(H,21,22)/t14-/m0/s1. The van der Waals surface area contributed by atoms with E-state index < -0.39 is 0 Å². The molecule has 0 aliphatic heterocycles. The molecule has 1 aliphatic carbocycles. The second-order valence-corrected chi connectivity index (χ2v) is 6.13. The highest BCUT2D eigenvalue weighted by Gasteiger charge is 2.34. The molecule has 1 atom stereocenters. The number of Topliss-reactive ketones (excluding diaryl/α,β-unsaturated/α-hetero) is 1. The number of carbonyl (C=O) groups excluding carboxylic acids is 1. The fraction of sp³-hybridized carbons (Fsp3) is 0.200. The molecule has 5 nitrogen and oxygen atoms in total. The van der Waals surface area contributed by atoms with E-state index in [0.29, 0.717) is 30.8 Å². The molecule has 1 N–H and O–H groups in total. The lowest BCUT2D eigenvalue weighted by Gasteiger charge is -2.21. The molecule has 4 rings (SSSR count). The van der Waals surface area contributed by atoms with Gasteiger partial charge in [0.1, 0.15) is 5.76 Å². The number of benzene rings is 1. The van der Waals surface area contributed by atoms with E-state index in [0.717, 1.165) is 17.1 Å². The second-order valence-electron chi connectivity index (χ2n) is 6.13. The summed E-state index contributed by atoms with van der Waals surface area (Å²) in [5.41, 5.74) is 2.56. The van der Waals surface area contributed by atoms with Gasteiger partial charge in [0.15, 0.2) is 11.6 Å². The van der Waals surface area contributed by atoms with Crippen LogP contribution < -0.4 is 5.32 Å². The fourth-order valence-corrected chi connectivity index (χ4v) is 3.37. The lowest BCUT2D eigenvalue weighted by atomic mass is 9.85. The molecule has 0 fully saturated rings. The Bertz CT molecular complexity index is 895. The maximum absolute atomic E-state index is 12.9. The Morgan fingerprint density at radius 1 is 1.24 bits per heavy atom. The first kappa shape index (κ1) is 15.4. The maximum atomic E-state index is 12.9. The number of hydrogen-bond donors (Lipinski definition) is 1. The molecule has 25 heavy (non-hydrogen) atoms. The Hall–Kier alpha value is -3.08. The van der Waals surface area contributed by atoms with E-state index in [1.807, 2.05) is 47.1 Å². The van der Waals surface area contributed by atoms with E-state index in [9.17, 15) is 4.79 Å². The van der Waals surface area contributed by atoms with E-state index in [4.69, 9.17) is 4.42 Å². The first-order valence-corrected chi connectivity index (χ1v) is 8.36. The highest BCUT2D eigenvalue weighted by atomic mass is 16.3. The van der Waals surface area contributed by atoms with Gasteiger partial charge in [-0.3, -0.25) is 4.79 Å². The van der Waals surface area contributed by atoms with Crippen LogP contribution in [0.3, 0.4) is 0 Å². The highest BCUT2D eigenvalue weighted by molar-refractivity contribution is 6.03. The molecule has 0 spiro atoms. The molecule has 0 unspecified atom stereocenters. The summed E-state index contributed by atoms with van der Waals surface area (Å²) in [5, 5.41) is 7.87. The van der Waals surface area contributed by atoms with Crippen molar-refractivity contribution in [3.8, 4) is 5.69 Å². The van der Waals surface area contributed by atoms with Crippen LogP contribution in [0.5, 0.6) is 0 Å². The fourth-order valence-electron chi connectivity index (χ4n) is 3.37. The van der Waals surface area contributed by atoms with Gasteiger partial charge in [-0.25, -0.2) is 4.68 Å². The van der Waals surface area contributed by atoms with Crippen LogP contribution in [0, 0.1) is 0 Å². The van der Waals surface area contributed by atoms with Gasteiger partial charge in [-0.1, -0.05) is 24.3 Å². The summed E-state index contributed by atoms with van der Waals surface area (Å²) >= 11 is 0. The minimum atomic E-state index is 0.0430. The van der Waals surface area contributed by atoms with E-state index in [1.54, 1.807) is 12.3 Å². The van der Waals surface area contributed by atoms with Crippen LogP contribution in [0.15, 0.2) is 65.8 Å². The smallest absolute Gasteiger partial charge is 0.169 e. The molecule has 126 valence electrons. The van der Waals surface area contributed by atoms with Gasteiger partial charge in [0.05, 0.1) is 23.2 Å². The Labute approximate surface area is 146 Å². The van der Waals surface area contributed by atoms with Gasteiger partial charge in [0.2, 0.25) is 0 Å². The van der Waals surface area contributed by atoms with Gasteiger partial charge < -0.3 is 9.73 Å². The summed E-state index contributed by atoms with van der Waals surface area (Å²) in [6, 6.07) is 13.7. The van der Waals surface area contributed by atoms with Gasteiger partial charge in [0, 0.05) is 25.3 Å². The van der Waals surface area contributed by atoms with E-state index in [-0.39, 0.29) is 11.7 Å². The van der Waals surface area contributed by atoms with Crippen molar-refractivity contribution in [3.63, 3.8) is 0 Å². The Balaban J connectivity index is 1.81. The van der Waals surface area contributed by atoms with Gasteiger partial charge >= 0.3 is 0 Å². The van der Waals surface area contributed by atoms with Crippen LogP contribution >= 0.6 is 0 Å². The normalized spacial score (nSPS) is 16.5. The lowest BCUT2D eigenvalue weighted by Crippen LogP contribution is -2.20. The molecule has 3 aromatic rings. The number of rotatable bonds is 5. The average molecular weight is 333 g/mol. The third-order valence-corrected chi connectivity index (χ3v) is 4.49. The molecule has 0 amide bonds. The first-order chi connectivity index (χ1) is 12.3. The molecule has 0 saturated heterocycles. The summed E-state index contributed by atoms with van der Waals surface area (Å²) in [6.07, 6.45) is 4.56. The minimum Gasteiger partial charge on any atom is -0.469 e. The van der Waals surface area contributed by atoms with Crippen molar-refractivity contribution in [3.05, 3.63) is 78.4 Å². The van der Waals surface area contributed by atoms with Crippen LogP contribution in [0.1, 0.15) is 34.2 Å². The zero-order valence-electron chi connectivity index (χ0n) is 13.8. The number of furan rings is 1. The summed E-state index contributed by atoms with van der Waals surface area (Å²) in [6.45, 7) is 4.29. The molecule has 0 saturated carbocycles. The number of para-hydroxylation sites is 1. The van der Waals surface area contributed by atoms with Crippen molar-refractivity contribution in [2.75, 3.05) is 11.9 Å². The number of hydrogen-bond acceptors (Lipinski definition) is 4. The number of carbonyl (C=O) groups is 1. The predicted octanol–water partition coefficient (Wildman–Crippen LogP) is 3.98.